The van der Waals surface area contributed by atoms with E-state index in [0.29, 0.717) is 0 Å². The molecule has 1 N–H and O–H groups in total. The summed E-state index contributed by atoms with van der Waals surface area (Å²) in [5.41, 5.74) is 3.19. The van der Waals surface area contributed by atoms with Crippen LogP contribution in [0.25, 0.3) is 0 Å². The summed E-state index contributed by atoms with van der Waals surface area (Å²) in [5.74, 6) is 0. The fourth-order valence-corrected chi connectivity index (χ4v) is 2.82. The molecule has 0 saturated carbocycles. The van der Waals surface area contributed by atoms with Crippen LogP contribution >= 0.6 is 12.2 Å². The second-order valence-electron chi connectivity index (χ2n) is 6.90. The summed E-state index contributed by atoms with van der Waals surface area (Å²) in [6.45, 7) is 13.3. The molecule has 0 radical (unpaired) electrons. The molecule has 1 heterocycles. The van der Waals surface area contributed by atoms with Crippen LogP contribution in [0.3, 0.4) is 0 Å². The maximum absolute atomic E-state index is 5.63. The number of thiocarbonyl (C=S) groups is 1. The zero-order chi connectivity index (χ0) is 12.8. The van der Waals surface area contributed by atoms with Gasteiger partial charge in [0, 0.05) is 22.4 Å². The molecule has 2 aliphatic rings. The fraction of sp³-hybridized carbons (Fsp3) is 0.786. The zero-order valence-electron chi connectivity index (χ0n) is 11.7. The SMILES string of the molecule is CC1(C)CCC2=C(NCN(C(C)(C)C)C2)C1=S. The van der Waals surface area contributed by atoms with Gasteiger partial charge in [0.1, 0.15) is 0 Å². The molecule has 1 aliphatic heterocycles. The van der Waals surface area contributed by atoms with E-state index < -0.39 is 0 Å². The van der Waals surface area contributed by atoms with E-state index in [1.165, 1.54) is 24.1 Å². The van der Waals surface area contributed by atoms with Crippen LogP contribution in [0.2, 0.25) is 0 Å². The average Bonchev–Trinajstić information content (AvgIpc) is 2.22. The summed E-state index contributed by atoms with van der Waals surface area (Å²) >= 11 is 5.63. The van der Waals surface area contributed by atoms with Gasteiger partial charge in [0.05, 0.1) is 12.4 Å². The standard InChI is InChI=1S/C14H24N2S/c1-13(2,3)16-8-10-6-7-14(4,5)12(17)11(10)15-9-16/h15H,6-9H2,1-5H3. The van der Waals surface area contributed by atoms with Crippen LogP contribution in [0.5, 0.6) is 0 Å². The lowest BCUT2D eigenvalue weighted by Crippen LogP contribution is -2.53. The van der Waals surface area contributed by atoms with Crippen LogP contribution in [0.15, 0.2) is 11.3 Å². The van der Waals surface area contributed by atoms with Gasteiger partial charge in [0.15, 0.2) is 0 Å². The highest BCUT2D eigenvalue weighted by Gasteiger charge is 2.36. The Morgan fingerprint density at radius 3 is 2.53 bits per heavy atom. The summed E-state index contributed by atoms with van der Waals surface area (Å²) in [6.07, 6.45) is 2.37. The van der Waals surface area contributed by atoms with Crippen molar-refractivity contribution in [1.29, 1.82) is 0 Å². The second-order valence-corrected chi connectivity index (χ2v) is 7.30. The number of nitrogens with one attached hydrogen (secondary N) is 1. The van der Waals surface area contributed by atoms with Gasteiger partial charge in [0.2, 0.25) is 0 Å². The van der Waals surface area contributed by atoms with Crippen LogP contribution in [0.4, 0.5) is 0 Å². The average molecular weight is 252 g/mol. The highest BCUT2D eigenvalue weighted by Crippen LogP contribution is 2.37. The predicted octanol–water partition coefficient (Wildman–Crippen LogP) is 3.09. The number of hydrogen-bond acceptors (Lipinski definition) is 3. The largest absolute Gasteiger partial charge is 0.371 e. The van der Waals surface area contributed by atoms with Crippen molar-refractivity contribution in [1.82, 2.24) is 10.2 Å². The first-order chi connectivity index (χ1) is 7.72. The monoisotopic (exact) mass is 252 g/mol. The highest BCUT2D eigenvalue weighted by atomic mass is 32.1. The Bertz CT molecular complexity index is 374. The van der Waals surface area contributed by atoms with Crippen LogP contribution in [0, 0.1) is 5.41 Å². The number of rotatable bonds is 0. The van der Waals surface area contributed by atoms with E-state index in [1.54, 1.807) is 0 Å². The van der Waals surface area contributed by atoms with Gasteiger partial charge in [-0.2, -0.15) is 0 Å². The molecule has 2 rings (SSSR count). The Balaban J connectivity index is 2.23. The van der Waals surface area contributed by atoms with E-state index in [9.17, 15) is 0 Å². The van der Waals surface area contributed by atoms with Gasteiger partial charge >= 0.3 is 0 Å². The summed E-state index contributed by atoms with van der Waals surface area (Å²) < 4.78 is 0. The van der Waals surface area contributed by atoms with Crippen LogP contribution in [0.1, 0.15) is 47.5 Å². The van der Waals surface area contributed by atoms with Gasteiger partial charge in [-0.1, -0.05) is 26.1 Å². The van der Waals surface area contributed by atoms with Gasteiger partial charge in [-0.3, -0.25) is 4.90 Å². The summed E-state index contributed by atoms with van der Waals surface area (Å²) in [7, 11) is 0. The first kappa shape index (κ1) is 13.0. The molecule has 0 amide bonds. The van der Waals surface area contributed by atoms with E-state index in [2.05, 4.69) is 44.8 Å². The van der Waals surface area contributed by atoms with Gasteiger partial charge < -0.3 is 5.32 Å². The van der Waals surface area contributed by atoms with Crippen molar-refractivity contribution in [2.24, 2.45) is 5.41 Å². The third-order valence-electron chi connectivity index (χ3n) is 4.02. The highest BCUT2D eigenvalue weighted by molar-refractivity contribution is 7.81. The molecule has 0 unspecified atom stereocenters. The maximum atomic E-state index is 5.63. The van der Waals surface area contributed by atoms with Crippen LogP contribution < -0.4 is 5.32 Å². The van der Waals surface area contributed by atoms with Gasteiger partial charge in [-0.05, 0) is 39.2 Å². The molecule has 0 aromatic carbocycles. The molecule has 0 atom stereocenters. The lowest BCUT2D eigenvalue weighted by molar-refractivity contribution is 0.130. The number of allylic oxidation sites excluding steroid dienone is 1. The molecule has 17 heavy (non-hydrogen) atoms. The summed E-state index contributed by atoms with van der Waals surface area (Å²) in [4.78, 5) is 3.61. The molecular formula is C14H24N2S. The molecule has 3 heteroatoms. The molecule has 96 valence electrons. The molecule has 0 spiro atoms. The molecular weight excluding hydrogens is 228 g/mol. The number of hydrogen-bond donors (Lipinski definition) is 1. The van der Waals surface area contributed by atoms with Crippen LogP contribution in [-0.2, 0) is 0 Å². The molecule has 1 aliphatic carbocycles. The molecule has 2 nitrogen and oxygen atoms in total. The van der Waals surface area contributed by atoms with Crippen molar-refractivity contribution >= 4 is 17.1 Å². The third-order valence-corrected chi connectivity index (χ3v) is 4.78. The Morgan fingerprint density at radius 2 is 1.94 bits per heavy atom. The lowest BCUT2D eigenvalue weighted by Gasteiger charge is -2.44. The maximum Gasteiger partial charge on any atom is 0.0685 e. The van der Waals surface area contributed by atoms with E-state index in [0.717, 1.165) is 18.1 Å². The van der Waals surface area contributed by atoms with E-state index in [-0.39, 0.29) is 11.0 Å². The van der Waals surface area contributed by atoms with Crippen molar-refractivity contribution in [2.45, 2.75) is 53.0 Å². The minimum Gasteiger partial charge on any atom is -0.371 e. The van der Waals surface area contributed by atoms with Gasteiger partial charge in [-0.15, -0.1) is 0 Å². The Kier molecular flexibility index (Phi) is 3.11. The Labute approximate surface area is 110 Å². The van der Waals surface area contributed by atoms with Crippen molar-refractivity contribution in [3.63, 3.8) is 0 Å². The molecule has 0 aromatic heterocycles. The zero-order valence-corrected chi connectivity index (χ0v) is 12.5. The van der Waals surface area contributed by atoms with E-state index in [4.69, 9.17) is 12.2 Å². The van der Waals surface area contributed by atoms with Crippen molar-refractivity contribution in [3.8, 4) is 0 Å². The fourth-order valence-electron chi connectivity index (χ4n) is 2.50. The van der Waals surface area contributed by atoms with Crippen molar-refractivity contribution in [2.75, 3.05) is 13.2 Å². The molecule has 0 aromatic rings. The first-order valence-electron chi connectivity index (χ1n) is 6.47. The third kappa shape index (κ3) is 2.41. The number of nitrogens with zero attached hydrogens (tertiary/aromatic N) is 1. The topological polar surface area (TPSA) is 15.3 Å². The van der Waals surface area contributed by atoms with Crippen LogP contribution in [-0.4, -0.2) is 28.5 Å². The smallest absolute Gasteiger partial charge is 0.0685 e. The van der Waals surface area contributed by atoms with E-state index >= 15 is 0 Å². The van der Waals surface area contributed by atoms with Gasteiger partial charge in [-0.25, -0.2) is 0 Å². The molecule has 0 saturated heterocycles. The molecule has 0 bridgehead atoms. The summed E-state index contributed by atoms with van der Waals surface area (Å²) in [6, 6.07) is 0. The van der Waals surface area contributed by atoms with Gasteiger partial charge in [0.25, 0.3) is 0 Å². The lowest BCUT2D eigenvalue weighted by atomic mass is 9.75. The van der Waals surface area contributed by atoms with E-state index in [1.807, 2.05) is 0 Å². The van der Waals surface area contributed by atoms with Crippen molar-refractivity contribution < 1.29 is 0 Å². The first-order valence-corrected chi connectivity index (χ1v) is 6.88. The Morgan fingerprint density at radius 1 is 1.29 bits per heavy atom. The predicted molar refractivity (Wildman–Crippen MR) is 77.1 cm³/mol. The normalized spacial score (nSPS) is 25.6. The Hall–Kier alpha value is -0.410. The minimum absolute atomic E-state index is 0.186. The quantitative estimate of drug-likeness (QED) is 0.667. The second kappa shape index (κ2) is 4.06. The minimum atomic E-state index is 0.186. The molecule has 0 fully saturated rings. The van der Waals surface area contributed by atoms with Crippen molar-refractivity contribution in [3.05, 3.63) is 11.3 Å². The summed E-state index contributed by atoms with van der Waals surface area (Å²) in [5, 5.41) is 3.55.